The average Bonchev–Trinajstić information content (AvgIpc) is 3.57. The number of phenolic OH excluding ortho intramolecular Hbond substituents is 2. The maximum Gasteiger partial charge on any atom is 0.308 e. The number of halogens is 7. The molecule has 0 saturated carbocycles. The molecular weight excluding hydrogens is 1210 g/mol. The molecule has 0 radical (unpaired) electrons. The number of hydrogen-bond acceptors (Lipinski definition) is 9. The van der Waals surface area contributed by atoms with Crippen molar-refractivity contribution >= 4 is 98.7 Å². The first-order valence-electron chi connectivity index (χ1n) is 26.4. The highest BCUT2D eigenvalue weighted by Crippen LogP contribution is 2.35. The third-order valence-electron chi connectivity index (χ3n) is 9.18. The molecule has 9 aromatic rings. The zero-order valence-electron chi connectivity index (χ0n) is 48.7. The van der Waals surface area contributed by atoms with Crippen molar-refractivity contribution in [3.05, 3.63) is 265 Å². The second-order valence-electron chi connectivity index (χ2n) is 15.2. The Kier molecular flexibility index (Phi) is 42.3. The SMILES string of the molecule is CC.CC.CC.CC.CC(=O)Oc1cc(Cl)ccc1Oc1ccccc1.CC(=O)c1cc(Cl)ccc1Cl.CC(=O)c1cc(Cl)ccc1Oc1ccccc1.Clc1ccc(Cl)cc1.Oc1cc(Cl)ccc1Oc1ccccc1.Oc1ccccc1. The van der Waals surface area contributed by atoms with E-state index in [0.717, 1.165) is 10.0 Å². The molecule has 0 aromatic heterocycles. The van der Waals surface area contributed by atoms with Crippen molar-refractivity contribution in [1.82, 2.24) is 0 Å². The average molecular weight is 1280 g/mol. The molecule has 0 fully saturated rings. The van der Waals surface area contributed by atoms with Gasteiger partial charge in [-0.15, -0.1) is 0 Å². The van der Waals surface area contributed by atoms with Crippen molar-refractivity contribution in [2.45, 2.75) is 76.2 Å². The van der Waals surface area contributed by atoms with Crippen LogP contribution in [0.2, 0.25) is 35.2 Å². The van der Waals surface area contributed by atoms with E-state index >= 15 is 0 Å². The standard InChI is InChI=1S/C14H11ClO3.C14H11ClO2.C12H9ClO2.C8H6Cl2O.C6H4Cl2.C6H6O.4C2H6/c1-10(16)17-14-9-11(15)7-8-13(14)18-12-5-3-2-4-6-12;1-10(16)13-9-11(15)7-8-14(13)17-12-5-3-2-4-6-12;13-9-6-7-12(11(14)8-9)15-10-4-2-1-3-5-10;1-5(11)7-4-6(9)2-3-8(7)10;7-5-1-2-6(8)4-3-5;7-6-4-2-1-3-5-6;4*1-2/h2-9H,1H3;2-9H,1H3;1-8,14H;2-4H,1H3;1-4H;1-5,7H;4*1-2H3. The summed E-state index contributed by atoms with van der Waals surface area (Å²) in [6.45, 7) is 20.3. The van der Waals surface area contributed by atoms with E-state index in [1.54, 1.807) is 115 Å². The van der Waals surface area contributed by atoms with Gasteiger partial charge in [-0.2, -0.15) is 0 Å². The topological polar surface area (TPSA) is 129 Å². The minimum Gasteiger partial charge on any atom is -0.508 e. The van der Waals surface area contributed by atoms with E-state index in [9.17, 15) is 19.5 Å². The Morgan fingerprint density at radius 1 is 0.321 bits per heavy atom. The highest BCUT2D eigenvalue weighted by molar-refractivity contribution is 6.36. The molecule has 0 heterocycles. The molecule has 0 spiro atoms. The van der Waals surface area contributed by atoms with Crippen LogP contribution in [0.15, 0.2) is 218 Å². The first-order chi connectivity index (χ1) is 40.4. The van der Waals surface area contributed by atoms with Crippen molar-refractivity contribution in [2.24, 2.45) is 0 Å². The van der Waals surface area contributed by atoms with Gasteiger partial charge in [0, 0.05) is 54.8 Å². The number of benzene rings is 9. The van der Waals surface area contributed by atoms with Crippen LogP contribution < -0.4 is 18.9 Å². The summed E-state index contributed by atoms with van der Waals surface area (Å²) in [5.74, 6) is 3.49. The molecule has 0 aliphatic carbocycles. The third-order valence-corrected chi connectivity index (χ3v) is 11.0. The van der Waals surface area contributed by atoms with Crippen LogP contribution in [0.4, 0.5) is 0 Å². The van der Waals surface area contributed by atoms with Gasteiger partial charge in [-0.05, 0) is 147 Å². The van der Waals surface area contributed by atoms with Gasteiger partial charge in [-0.1, -0.05) is 209 Å². The second kappa shape index (κ2) is 46.2. The third kappa shape index (κ3) is 33.2. The van der Waals surface area contributed by atoms with E-state index in [1.807, 2.05) is 152 Å². The van der Waals surface area contributed by atoms with Gasteiger partial charge in [0.15, 0.2) is 34.6 Å². The number of aromatic hydroxyl groups is 2. The molecule has 446 valence electrons. The smallest absolute Gasteiger partial charge is 0.308 e. The van der Waals surface area contributed by atoms with Crippen LogP contribution in [-0.4, -0.2) is 27.7 Å². The number of hydrogen-bond donors (Lipinski definition) is 2. The lowest BCUT2D eigenvalue weighted by Gasteiger charge is -2.10. The Hall–Kier alpha value is -7.18. The predicted molar refractivity (Wildman–Crippen MR) is 353 cm³/mol. The molecule has 84 heavy (non-hydrogen) atoms. The molecule has 2 N–H and O–H groups in total. The molecule has 0 amide bonds. The number of carbonyl (C=O) groups is 3. The Bertz CT molecular complexity index is 3200. The zero-order chi connectivity index (χ0) is 63.4. The van der Waals surface area contributed by atoms with Crippen LogP contribution in [0, 0.1) is 0 Å². The van der Waals surface area contributed by atoms with Gasteiger partial charge in [0.25, 0.3) is 0 Å². The minimum absolute atomic E-state index is 0.0337. The quantitative estimate of drug-likeness (QED) is 0.0824. The molecule has 0 unspecified atom stereocenters. The van der Waals surface area contributed by atoms with Gasteiger partial charge in [-0.25, -0.2) is 0 Å². The Balaban J connectivity index is 0.000000983. The predicted octanol–water partition coefficient (Wildman–Crippen LogP) is 23.9. The summed E-state index contributed by atoms with van der Waals surface area (Å²) >= 11 is 39.9. The van der Waals surface area contributed by atoms with Gasteiger partial charge in [0.2, 0.25) is 0 Å². The van der Waals surface area contributed by atoms with Gasteiger partial charge < -0.3 is 29.2 Å². The fraction of sp³-hybridized carbons (Fsp3) is 0.162. The van der Waals surface area contributed by atoms with E-state index in [2.05, 4.69) is 0 Å². The first kappa shape index (κ1) is 76.8. The first-order valence-corrected chi connectivity index (χ1v) is 29.1. The molecule has 16 heteroatoms. The molecule has 0 saturated heterocycles. The van der Waals surface area contributed by atoms with Gasteiger partial charge in [-0.3, -0.25) is 14.4 Å². The number of Topliss-reactive ketones (excluding diaryl/α,β-unsaturated/α-hetero) is 2. The second-order valence-corrected chi connectivity index (χ2v) is 18.2. The number of esters is 1. The number of phenols is 2. The molecule has 9 nitrogen and oxygen atoms in total. The van der Waals surface area contributed by atoms with E-state index in [4.69, 9.17) is 105 Å². The van der Waals surface area contributed by atoms with Gasteiger partial charge in [0.05, 0.1) is 10.6 Å². The zero-order valence-corrected chi connectivity index (χ0v) is 54.0. The lowest BCUT2D eigenvalue weighted by atomic mass is 10.1. The number of ketones is 2. The number of ether oxygens (including phenoxy) is 4. The van der Waals surface area contributed by atoms with Crippen molar-refractivity contribution in [1.29, 1.82) is 0 Å². The summed E-state index contributed by atoms with van der Waals surface area (Å²) in [4.78, 5) is 33.4. The van der Waals surface area contributed by atoms with E-state index in [-0.39, 0.29) is 17.3 Å². The van der Waals surface area contributed by atoms with Crippen LogP contribution in [0.5, 0.6) is 51.7 Å². The van der Waals surface area contributed by atoms with E-state index in [1.165, 1.54) is 26.8 Å². The van der Waals surface area contributed by atoms with Crippen LogP contribution >= 0.6 is 81.2 Å². The summed E-state index contributed by atoms with van der Waals surface area (Å²) in [6, 6.07) is 63.0. The largest absolute Gasteiger partial charge is 0.508 e. The Labute approximate surface area is 531 Å². The normalized spacial score (nSPS) is 9.07. The lowest BCUT2D eigenvalue weighted by Crippen LogP contribution is -2.02. The molecule has 9 rings (SSSR count). The summed E-state index contributed by atoms with van der Waals surface area (Å²) < 4.78 is 21.8. The fourth-order valence-corrected chi connectivity index (χ4v) is 6.89. The van der Waals surface area contributed by atoms with Crippen molar-refractivity contribution in [3.63, 3.8) is 0 Å². The molecule has 9 aromatic carbocycles. The monoisotopic (exact) mass is 1280 g/mol. The molecule has 0 aliphatic rings. The summed E-state index contributed by atoms with van der Waals surface area (Å²) in [7, 11) is 0. The maximum atomic E-state index is 11.5. The van der Waals surface area contributed by atoms with Gasteiger partial charge >= 0.3 is 5.97 Å². The highest BCUT2D eigenvalue weighted by Gasteiger charge is 2.12. The summed E-state index contributed by atoms with van der Waals surface area (Å²) in [5, 5.41) is 22.1. The van der Waals surface area contributed by atoms with E-state index < -0.39 is 5.97 Å². The lowest BCUT2D eigenvalue weighted by molar-refractivity contribution is -0.132. The van der Waals surface area contributed by atoms with Crippen LogP contribution in [0.3, 0.4) is 0 Å². The molecular formula is C68H71Cl7O9. The van der Waals surface area contributed by atoms with Crippen molar-refractivity contribution in [2.75, 3.05) is 0 Å². The Morgan fingerprint density at radius 2 is 0.631 bits per heavy atom. The van der Waals surface area contributed by atoms with Crippen LogP contribution in [-0.2, 0) is 4.79 Å². The number of rotatable bonds is 9. The van der Waals surface area contributed by atoms with Crippen molar-refractivity contribution in [3.8, 4) is 51.7 Å². The van der Waals surface area contributed by atoms with Crippen molar-refractivity contribution < 1.29 is 43.5 Å². The summed E-state index contributed by atoms with van der Waals surface area (Å²) in [5.41, 5.74) is 0.959. The van der Waals surface area contributed by atoms with Gasteiger partial charge in [0.1, 0.15) is 28.7 Å². The minimum atomic E-state index is -0.421. The molecule has 0 bridgehead atoms. The van der Waals surface area contributed by atoms with Crippen LogP contribution in [0.1, 0.15) is 96.9 Å². The number of para-hydroxylation sites is 4. The molecule has 0 aliphatic heterocycles. The maximum absolute atomic E-state index is 11.5. The highest BCUT2D eigenvalue weighted by atomic mass is 35.5. The summed E-state index contributed by atoms with van der Waals surface area (Å²) in [6.07, 6.45) is 0. The number of carbonyl (C=O) groups excluding carboxylic acids is 3. The van der Waals surface area contributed by atoms with Crippen LogP contribution in [0.25, 0.3) is 0 Å². The molecule has 0 atom stereocenters. The fourth-order valence-electron chi connectivity index (χ4n) is 5.72. The van der Waals surface area contributed by atoms with E-state index in [0.29, 0.717) is 82.2 Å². The Morgan fingerprint density at radius 3 is 0.988 bits per heavy atom.